The Balaban J connectivity index is 2.25. The minimum atomic E-state index is -3.76. The lowest BCUT2D eigenvalue weighted by Crippen LogP contribution is -2.15. The van der Waals surface area contributed by atoms with Crippen LogP contribution < -0.4 is 10.5 Å². The summed E-state index contributed by atoms with van der Waals surface area (Å²) in [6, 6.07) is 7.71. The number of carbonyl (C=O) groups excluding carboxylic acids is 1. The summed E-state index contributed by atoms with van der Waals surface area (Å²) in [6.45, 7) is 3.41. The van der Waals surface area contributed by atoms with Crippen LogP contribution in [-0.4, -0.2) is 19.3 Å². The number of amides is 1. The van der Waals surface area contributed by atoms with Gasteiger partial charge in [-0.15, -0.1) is 0 Å². The summed E-state index contributed by atoms with van der Waals surface area (Å²) in [5.41, 5.74) is 2.19. The second kappa shape index (κ2) is 5.63. The van der Waals surface area contributed by atoms with Crippen LogP contribution in [0.3, 0.4) is 0 Å². The number of nitrogens with one attached hydrogen (secondary N) is 1. The van der Waals surface area contributed by atoms with Crippen molar-refractivity contribution in [2.75, 3.05) is 5.32 Å². The minimum absolute atomic E-state index is 0.0419. The van der Waals surface area contributed by atoms with Crippen LogP contribution in [0.5, 0.6) is 0 Å². The number of primary sulfonamides is 1. The first-order valence-electron chi connectivity index (χ1n) is 6.15. The Hall–Kier alpha value is -2.25. The first kappa shape index (κ1) is 15.1. The first-order valence-corrected chi connectivity index (χ1v) is 7.69. The predicted octanol–water partition coefficient (Wildman–Crippen LogP) is 1.60. The lowest BCUT2D eigenvalue weighted by molar-refractivity contribution is 0.102. The zero-order valence-corrected chi connectivity index (χ0v) is 12.4. The molecule has 110 valence electrons. The van der Waals surface area contributed by atoms with Gasteiger partial charge in [0.1, 0.15) is 0 Å². The molecule has 1 aromatic heterocycles. The Morgan fingerprint density at radius 3 is 2.48 bits per heavy atom. The van der Waals surface area contributed by atoms with Crippen LogP contribution in [0.1, 0.15) is 21.6 Å². The zero-order chi connectivity index (χ0) is 15.6. The van der Waals surface area contributed by atoms with Crippen molar-refractivity contribution in [3.8, 4) is 0 Å². The van der Waals surface area contributed by atoms with E-state index in [4.69, 9.17) is 5.14 Å². The number of nitrogens with zero attached hydrogens (tertiary/aromatic N) is 1. The molecule has 3 N–H and O–H groups in total. The molecule has 0 fully saturated rings. The molecule has 0 spiro atoms. The van der Waals surface area contributed by atoms with Gasteiger partial charge in [-0.05, 0) is 49.7 Å². The summed E-state index contributed by atoms with van der Waals surface area (Å²) >= 11 is 0. The van der Waals surface area contributed by atoms with E-state index in [-0.39, 0.29) is 10.8 Å². The fourth-order valence-electron chi connectivity index (χ4n) is 1.94. The van der Waals surface area contributed by atoms with Gasteiger partial charge in [0.05, 0.1) is 4.90 Å². The van der Waals surface area contributed by atoms with E-state index in [1.165, 1.54) is 12.1 Å². The van der Waals surface area contributed by atoms with Crippen LogP contribution in [0, 0.1) is 13.8 Å². The van der Waals surface area contributed by atoms with Crippen molar-refractivity contribution in [2.45, 2.75) is 18.7 Å². The first-order chi connectivity index (χ1) is 9.77. The van der Waals surface area contributed by atoms with Crippen LogP contribution in [0.25, 0.3) is 0 Å². The Labute approximate surface area is 123 Å². The third kappa shape index (κ3) is 3.65. The maximum atomic E-state index is 12.1. The Morgan fingerprint density at radius 2 is 1.90 bits per heavy atom. The number of anilines is 1. The van der Waals surface area contributed by atoms with Gasteiger partial charge in [0.25, 0.3) is 5.91 Å². The summed E-state index contributed by atoms with van der Waals surface area (Å²) in [5.74, 6) is -0.289. The number of benzene rings is 1. The molecule has 0 bridgehead atoms. The number of pyridine rings is 1. The molecule has 0 atom stereocenters. The molecular weight excluding hydrogens is 290 g/mol. The van der Waals surface area contributed by atoms with Gasteiger partial charge in [-0.25, -0.2) is 13.6 Å². The molecule has 2 aromatic rings. The van der Waals surface area contributed by atoms with Crippen LogP contribution in [0.2, 0.25) is 0 Å². The molecule has 1 aromatic carbocycles. The molecule has 6 nitrogen and oxygen atoms in total. The van der Waals surface area contributed by atoms with Crippen molar-refractivity contribution >= 4 is 21.6 Å². The lowest BCUT2D eigenvalue weighted by atomic mass is 10.2. The third-order valence-corrected chi connectivity index (χ3v) is 3.97. The Morgan fingerprint density at radius 1 is 1.19 bits per heavy atom. The standard InChI is InChI=1S/C14H15N3O3S/c1-9-7-12(3-4-13(9)21(15,19)20)17-14(18)11-5-6-16-10(2)8-11/h3-8H,1-2H3,(H,17,18)(H2,15,19,20). The van der Waals surface area contributed by atoms with Gasteiger partial charge < -0.3 is 5.32 Å². The Kier molecular flexibility index (Phi) is 4.06. The summed E-state index contributed by atoms with van der Waals surface area (Å²) in [5, 5.41) is 7.80. The van der Waals surface area contributed by atoms with Crippen molar-refractivity contribution < 1.29 is 13.2 Å². The molecule has 0 unspecified atom stereocenters. The summed E-state index contributed by atoms with van der Waals surface area (Å²) in [7, 11) is -3.76. The molecular formula is C14H15N3O3S. The van der Waals surface area contributed by atoms with Crippen LogP contribution in [-0.2, 0) is 10.0 Å². The number of hydrogen-bond donors (Lipinski definition) is 2. The van der Waals surface area contributed by atoms with E-state index in [1.807, 2.05) is 0 Å². The highest BCUT2D eigenvalue weighted by Crippen LogP contribution is 2.19. The van der Waals surface area contributed by atoms with Gasteiger partial charge >= 0.3 is 0 Å². The van der Waals surface area contributed by atoms with E-state index >= 15 is 0 Å². The second-order valence-corrected chi connectivity index (χ2v) is 6.20. The van der Waals surface area contributed by atoms with E-state index in [9.17, 15) is 13.2 Å². The molecule has 0 aliphatic carbocycles. The van der Waals surface area contributed by atoms with Gasteiger partial charge in [0.2, 0.25) is 10.0 Å². The second-order valence-electron chi connectivity index (χ2n) is 4.67. The highest BCUT2D eigenvalue weighted by Gasteiger charge is 2.13. The predicted molar refractivity (Wildman–Crippen MR) is 79.5 cm³/mol. The molecule has 1 amide bonds. The monoisotopic (exact) mass is 305 g/mol. The number of hydrogen-bond acceptors (Lipinski definition) is 4. The Bertz CT molecular complexity index is 801. The van der Waals surface area contributed by atoms with E-state index < -0.39 is 10.0 Å². The summed E-state index contributed by atoms with van der Waals surface area (Å²) in [4.78, 5) is 16.1. The molecule has 7 heteroatoms. The molecule has 0 saturated heterocycles. The fourth-order valence-corrected chi connectivity index (χ4v) is 2.70. The van der Waals surface area contributed by atoms with E-state index in [0.717, 1.165) is 5.69 Å². The highest BCUT2D eigenvalue weighted by atomic mass is 32.2. The van der Waals surface area contributed by atoms with Crippen LogP contribution in [0.4, 0.5) is 5.69 Å². The normalized spacial score (nSPS) is 11.2. The van der Waals surface area contributed by atoms with Crippen LogP contribution in [0.15, 0.2) is 41.4 Å². The number of rotatable bonds is 3. The number of aryl methyl sites for hydroxylation is 2. The lowest BCUT2D eigenvalue weighted by Gasteiger charge is -2.09. The largest absolute Gasteiger partial charge is 0.322 e. The van der Waals surface area contributed by atoms with Crippen molar-refractivity contribution in [3.05, 3.63) is 53.3 Å². The third-order valence-electron chi connectivity index (χ3n) is 2.90. The maximum absolute atomic E-state index is 12.1. The van der Waals surface area contributed by atoms with Crippen molar-refractivity contribution in [1.29, 1.82) is 0 Å². The molecule has 0 aliphatic rings. The average Bonchev–Trinajstić information content (AvgIpc) is 2.37. The topological polar surface area (TPSA) is 102 Å². The number of sulfonamides is 1. The smallest absolute Gasteiger partial charge is 0.255 e. The summed E-state index contributed by atoms with van der Waals surface area (Å²) < 4.78 is 22.7. The minimum Gasteiger partial charge on any atom is -0.322 e. The maximum Gasteiger partial charge on any atom is 0.255 e. The molecule has 2 rings (SSSR count). The van der Waals surface area contributed by atoms with E-state index in [0.29, 0.717) is 16.8 Å². The highest BCUT2D eigenvalue weighted by molar-refractivity contribution is 7.89. The van der Waals surface area contributed by atoms with Gasteiger partial charge in [-0.2, -0.15) is 0 Å². The number of aromatic nitrogens is 1. The molecule has 0 saturated carbocycles. The SMILES string of the molecule is Cc1cc(C(=O)Nc2ccc(S(N)(=O)=O)c(C)c2)ccn1. The number of nitrogens with two attached hydrogens (primary N) is 1. The van der Waals surface area contributed by atoms with Crippen molar-refractivity contribution in [2.24, 2.45) is 5.14 Å². The van der Waals surface area contributed by atoms with Gasteiger partial charge in [-0.1, -0.05) is 0 Å². The average molecular weight is 305 g/mol. The van der Waals surface area contributed by atoms with E-state index in [2.05, 4.69) is 10.3 Å². The van der Waals surface area contributed by atoms with Gasteiger partial charge in [0.15, 0.2) is 0 Å². The quantitative estimate of drug-likeness (QED) is 0.899. The van der Waals surface area contributed by atoms with Crippen molar-refractivity contribution in [3.63, 3.8) is 0 Å². The molecule has 0 aliphatic heterocycles. The fraction of sp³-hybridized carbons (Fsp3) is 0.143. The molecule has 0 radical (unpaired) electrons. The molecule has 21 heavy (non-hydrogen) atoms. The zero-order valence-electron chi connectivity index (χ0n) is 11.6. The van der Waals surface area contributed by atoms with E-state index in [1.54, 1.807) is 38.2 Å². The summed E-state index contributed by atoms with van der Waals surface area (Å²) in [6.07, 6.45) is 1.56. The van der Waals surface area contributed by atoms with Crippen LogP contribution >= 0.6 is 0 Å². The number of carbonyl (C=O) groups is 1. The van der Waals surface area contributed by atoms with Crippen molar-refractivity contribution in [1.82, 2.24) is 4.98 Å². The van der Waals surface area contributed by atoms with Gasteiger partial charge in [-0.3, -0.25) is 9.78 Å². The molecule has 1 heterocycles. The van der Waals surface area contributed by atoms with Gasteiger partial charge in [0, 0.05) is 23.1 Å².